The molecule has 1 aromatic carbocycles. The average Bonchev–Trinajstić information content (AvgIpc) is 2.69. The van der Waals surface area contributed by atoms with Gasteiger partial charge in [-0.1, -0.05) is 35.3 Å². The van der Waals surface area contributed by atoms with Gasteiger partial charge in [0.25, 0.3) is 0 Å². The summed E-state index contributed by atoms with van der Waals surface area (Å²) >= 11 is 11.4. The van der Waals surface area contributed by atoms with Crippen LogP contribution in [0.25, 0.3) is 0 Å². The molecule has 6 heteroatoms. The quantitative estimate of drug-likeness (QED) is 0.904. The van der Waals surface area contributed by atoms with Gasteiger partial charge in [-0.05, 0) is 17.7 Å². The van der Waals surface area contributed by atoms with E-state index >= 15 is 0 Å². The zero-order chi connectivity index (χ0) is 12.4. The number of nitrogens with one attached hydrogen (secondary N) is 1. The number of aromatic amines is 1. The van der Waals surface area contributed by atoms with Gasteiger partial charge < -0.3 is 14.8 Å². The molecule has 1 unspecified atom stereocenters. The van der Waals surface area contributed by atoms with Crippen LogP contribution in [0.3, 0.4) is 0 Å². The van der Waals surface area contributed by atoms with Crippen LogP contribution in [0.4, 0.5) is 0 Å². The Morgan fingerprint density at radius 1 is 1.29 bits per heavy atom. The van der Waals surface area contributed by atoms with Crippen molar-refractivity contribution >= 4 is 23.2 Å². The standard InChI is InChI=1S/C11H10Cl2N2O2/c1-17-7-4-2-6(3-5-7)8(16)11-14-9(12)10(13)15-11/h2-5,8,16H,1H3,(H,14,15). The number of ether oxygens (including phenoxy) is 1. The third-order valence-electron chi connectivity index (χ3n) is 2.33. The Labute approximate surface area is 108 Å². The number of nitrogens with zero attached hydrogens (tertiary/aromatic N) is 1. The lowest BCUT2D eigenvalue weighted by Crippen LogP contribution is -2.01. The molecule has 2 N–H and O–H groups in total. The van der Waals surface area contributed by atoms with E-state index in [-0.39, 0.29) is 10.3 Å². The largest absolute Gasteiger partial charge is 0.497 e. The number of aliphatic hydroxyl groups is 1. The van der Waals surface area contributed by atoms with E-state index in [4.69, 9.17) is 27.9 Å². The minimum absolute atomic E-state index is 0.147. The van der Waals surface area contributed by atoms with Gasteiger partial charge in [-0.3, -0.25) is 0 Å². The molecular weight excluding hydrogens is 263 g/mol. The highest BCUT2D eigenvalue weighted by molar-refractivity contribution is 6.40. The van der Waals surface area contributed by atoms with Gasteiger partial charge in [0.2, 0.25) is 0 Å². The summed E-state index contributed by atoms with van der Waals surface area (Å²) in [6.07, 6.45) is -0.897. The zero-order valence-electron chi connectivity index (χ0n) is 8.95. The van der Waals surface area contributed by atoms with Crippen LogP contribution in [0.15, 0.2) is 24.3 Å². The summed E-state index contributed by atoms with van der Waals surface area (Å²) in [4.78, 5) is 6.64. The molecule has 4 nitrogen and oxygen atoms in total. The fourth-order valence-corrected chi connectivity index (χ4v) is 1.70. The second-order valence-electron chi connectivity index (χ2n) is 3.40. The number of methoxy groups -OCH3 is 1. The summed E-state index contributed by atoms with van der Waals surface area (Å²) < 4.78 is 5.03. The predicted molar refractivity (Wildman–Crippen MR) is 65.7 cm³/mol. The van der Waals surface area contributed by atoms with Crippen molar-refractivity contribution in [1.82, 2.24) is 9.97 Å². The van der Waals surface area contributed by atoms with Crippen LogP contribution in [0, 0.1) is 0 Å². The molecule has 0 bridgehead atoms. The van der Waals surface area contributed by atoms with Crippen LogP contribution in [-0.4, -0.2) is 22.2 Å². The predicted octanol–water partition coefficient (Wildman–Crippen LogP) is 2.81. The minimum atomic E-state index is -0.897. The Kier molecular flexibility index (Phi) is 3.57. The number of halogens is 2. The van der Waals surface area contributed by atoms with Gasteiger partial charge in [0, 0.05) is 0 Å². The molecular formula is C11H10Cl2N2O2. The number of H-pyrrole nitrogens is 1. The molecule has 0 aliphatic rings. The van der Waals surface area contributed by atoms with Crippen molar-refractivity contribution in [1.29, 1.82) is 0 Å². The Bertz CT molecular complexity index is 491. The summed E-state index contributed by atoms with van der Waals surface area (Å²) in [5, 5.41) is 10.4. The SMILES string of the molecule is COc1ccc(C(O)c2nc(Cl)c(Cl)[nH]2)cc1. The van der Waals surface area contributed by atoms with Crippen molar-refractivity contribution < 1.29 is 9.84 Å². The molecule has 0 radical (unpaired) electrons. The average molecular weight is 273 g/mol. The highest BCUT2D eigenvalue weighted by Crippen LogP contribution is 2.26. The lowest BCUT2D eigenvalue weighted by Gasteiger charge is -2.08. The van der Waals surface area contributed by atoms with Crippen LogP contribution < -0.4 is 4.74 Å². The lowest BCUT2D eigenvalue weighted by atomic mass is 10.1. The molecule has 0 aliphatic heterocycles. The lowest BCUT2D eigenvalue weighted by molar-refractivity contribution is 0.211. The smallest absolute Gasteiger partial charge is 0.166 e. The van der Waals surface area contributed by atoms with Gasteiger partial charge in [0.15, 0.2) is 5.15 Å². The van der Waals surface area contributed by atoms with E-state index in [0.717, 1.165) is 5.75 Å². The number of benzene rings is 1. The van der Waals surface area contributed by atoms with Crippen molar-refractivity contribution in [2.45, 2.75) is 6.10 Å². The van der Waals surface area contributed by atoms with E-state index in [1.165, 1.54) is 0 Å². The van der Waals surface area contributed by atoms with Gasteiger partial charge in [0.1, 0.15) is 22.8 Å². The van der Waals surface area contributed by atoms with E-state index in [2.05, 4.69) is 9.97 Å². The molecule has 1 aromatic heterocycles. The molecule has 0 aliphatic carbocycles. The van der Waals surface area contributed by atoms with Crippen molar-refractivity contribution in [2.24, 2.45) is 0 Å². The number of rotatable bonds is 3. The van der Waals surface area contributed by atoms with Gasteiger partial charge in [-0.15, -0.1) is 0 Å². The van der Waals surface area contributed by atoms with Crippen LogP contribution in [0.5, 0.6) is 5.75 Å². The Hall–Kier alpha value is -1.23. The van der Waals surface area contributed by atoms with E-state index in [1.54, 1.807) is 31.4 Å². The third-order valence-corrected chi connectivity index (χ3v) is 2.97. The summed E-state index contributed by atoms with van der Waals surface area (Å²) in [7, 11) is 1.58. The van der Waals surface area contributed by atoms with E-state index < -0.39 is 6.10 Å². The molecule has 17 heavy (non-hydrogen) atoms. The van der Waals surface area contributed by atoms with Crippen molar-refractivity contribution in [3.8, 4) is 5.75 Å². The molecule has 0 spiro atoms. The molecule has 2 aromatic rings. The van der Waals surface area contributed by atoms with Crippen molar-refractivity contribution in [3.05, 3.63) is 46.0 Å². The normalized spacial score (nSPS) is 12.5. The summed E-state index contributed by atoms with van der Waals surface area (Å²) in [5.74, 6) is 1.03. The summed E-state index contributed by atoms with van der Waals surface area (Å²) in [6.45, 7) is 0. The maximum Gasteiger partial charge on any atom is 0.166 e. The maximum absolute atomic E-state index is 10.0. The molecule has 90 valence electrons. The van der Waals surface area contributed by atoms with E-state index in [1.807, 2.05) is 0 Å². The first-order chi connectivity index (χ1) is 8.11. The van der Waals surface area contributed by atoms with Gasteiger partial charge in [-0.2, -0.15) is 0 Å². The number of imidazole rings is 1. The van der Waals surface area contributed by atoms with Gasteiger partial charge in [0.05, 0.1) is 7.11 Å². The van der Waals surface area contributed by atoms with Crippen molar-refractivity contribution in [2.75, 3.05) is 7.11 Å². The number of hydrogen-bond acceptors (Lipinski definition) is 3. The first-order valence-electron chi connectivity index (χ1n) is 4.84. The van der Waals surface area contributed by atoms with Gasteiger partial charge in [-0.25, -0.2) is 4.98 Å². The third kappa shape index (κ3) is 2.54. The molecule has 2 rings (SSSR count). The van der Waals surface area contributed by atoms with Crippen LogP contribution in [0.1, 0.15) is 17.5 Å². The zero-order valence-corrected chi connectivity index (χ0v) is 10.5. The van der Waals surface area contributed by atoms with Crippen LogP contribution >= 0.6 is 23.2 Å². The van der Waals surface area contributed by atoms with Crippen molar-refractivity contribution in [3.63, 3.8) is 0 Å². The topological polar surface area (TPSA) is 58.1 Å². The highest BCUT2D eigenvalue weighted by atomic mass is 35.5. The summed E-state index contributed by atoms with van der Waals surface area (Å²) in [6, 6.07) is 7.00. The molecule has 0 saturated heterocycles. The molecule has 1 atom stereocenters. The van der Waals surface area contributed by atoms with E-state index in [9.17, 15) is 5.11 Å². The monoisotopic (exact) mass is 272 g/mol. The fourth-order valence-electron chi connectivity index (χ4n) is 1.42. The first kappa shape index (κ1) is 12.2. The van der Waals surface area contributed by atoms with Gasteiger partial charge >= 0.3 is 0 Å². The number of hydrogen-bond donors (Lipinski definition) is 2. The molecule has 0 fully saturated rings. The Morgan fingerprint density at radius 2 is 1.94 bits per heavy atom. The van der Waals surface area contributed by atoms with Crippen LogP contribution in [0.2, 0.25) is 10.3 Å². The molecule has 0 saturated carbocycles. The second kappa shape index (κ2) is 4.96. The molecule has 1 heterocycles. The number of aliphatic hydroxyl groups excluding tert-OH is 1. The Balaban J connectivity index is 2.26. The first-order valence-corrected chi connectivity index (χ1v) is 5.60. The van der Waals surface area contributed by atoms with E-state index in [0.29, 0.717) is 11.4 Å². The maximum atomic E-state index is 10.0. The molecule has 0 amide bonds. The summed E-state index contributed by atoms with van der Waals surface area (Å²) in [5.41, 5.74) is 0.674. The fraction of sp³-hybridized carbons (Fsp3) is 0.182. The Morgan fingerprint density at radius 3 is 2.41 bits per heavy atom. The minimum Gasteiger partial charge on any atom is -0.497 e. The highest BCUT2D eigenvalue weighted by Gasteiger charge is 2.16. The van der Waals surface area contributed by atoms with Crippen LogP contribution in [-0.2, 0) is 0 Å². The second-order valence-corrected chi connectivity index (χ2v) is 4.14. The number of aromatic nitrogens is 2.